The van der Waals surface area contributed by atoms with Gasteiger partial charge < -0.3 is 9.47 Å². The van der Waals surface area contributed by atoms with Crippen LogP contribution in [-0.2, 0) is 12.8 Å². The molecule has 1 unspecified atom stereocenters. The van der Waals surface area contributed by atoms with Gasteiger partial charge in [0, 0.05) is 12.0 Å². The molecule has 0 saturated heterocycles. The van der Waals surface area contributed by atoms with Gasteiger partial charge >= 0.3 is 0 Å². The maximum absolute atomic E-state index is 8.66. The van der Waals surface area contributed by atoms with Gasteiger partial charge in [0.15, 0.2) is 11.5 Å². The fraction of sp³-hybridized carbons (Fsp3) is 0.417. The summed E-state index contributed by atoms with van der Waals surface area (Å²) in [5.74, 6) is 1.58. The predicted octanol–water partition coefficient (Wildman–Crippen LogP) is 2.08. The van der Waals surface area contributed by atoms with Crippen molar-refractivity contribution in [1.82, 2.24) is 0 Å². The molecule has 1 aromatic carbocycles. The van der Waals surface area contributed by atoms with E-state index in [-0.39, 0.29) is 6.10 Å². The second kappa shape index (κ2) is 3.82. The highest BCUT2D eigenvalue weighted by atomic mass is 16.5. The number of ether oxygens (including phenoxy) is 2. The van der Waals surface area contributed by atoms with Crippen LogP contribution in [0.1, 0.15) is 18.1 Å². The SMILES string of the molecule is COc1cc(CC#N)cc2c1OC(C)C2. The number of hydrogen-bond acceptors (Lipinski definition) is 3. The number of fused-ring (bicyclic) bond motifs is 1. The standard InChI is InChI=1S/C12H13NO2/c1-8-5-10-6-9(3-4-13)7-11(14-2)12(10)15-8/h6-8H,3,5H2,1-2H3. The van der Waals surface area contributed by atoms with Crippen LogP contribution in [0.15, 0.2) is 12.1 Å². The van der Waals surface area contributed by atoms with Crippen LogP contribution in [0.4, 0.5) is 0 Å². The number of nitriles is 1. The third-order valence-corrected chi connectivity index (χ3v) is 2.52. The molecule has 3 nitrogen and oxygen atoms in total. The Morgan fingerprint density at radius 3 is 3.07 bits per heavy atom. The first-order chi connectivity index (χ1) is 7.24. The predicted molar refractivity (Wildman–Crippen MR) is 56.1 cm³/mol. The molecule has 15 heavy (non-hydrogen) atoms. The van der Waals surface area contributed by atoms with Gasteiger partial charge in [0.2, 0.25) is 0 Å². The van der Waals surface area contributed by atoms with Crippen LogP contribution in [-0.4, -0.2) is 13.2 Å². The van der Waals surface area contributed by atoms with Crippen molar-refractivity contribution in [3.05, 3.63) is 23.3 Å². The highest BCUT2D eigenvalue weighted by molar-refractivity contribution is 5.52. The summed E-state index contributed by atoms with van der Waals surface area (Å²) in [6.07, 6.45) is 1.51. The Morgan fingerprint density at radius 1 is 1.60 bits per heavy atom. The molecular weight excluding hydrogens is 190 g/mol. The molecule has 0 aliphatic carbocycles. The van der Waals surface area contributed by atoms with E-state index in [4.69, 9.17) is 14.7 Å². The minimum absolute atomic E-state index is 0.200. The molecule has 1 heterocycles. The van der Waals surface area contributed by atoms with Gasteiger partial charge in [-0.2, -0.15) is 5.26 Å². The number of methoxy groups -OCH3 is 1. The van der Waals surface area contributed by atoms with Crippen molar-refractivity contribution in [1.29, 1.82) is 5.26 Å². The Balaban J connectivity index is 2.43. The molecule has 1 aliphatic heterocycles. The molecule has 1 aromatic rings. The second-order valence-corrected chi connectivity index (χ2v) is 3.75. The summed E-state index contributed by atoms with van der Waals surface area (Å²) in [5.41, 5.74) is 2.14. The normalized spacial score (nSPS) is 17.8. The lowest BCUT2D eigenvalue weighted by Gasteiger charge is -2.09. The van der Waals surface area contributed by atoms with Gasteiger partial charge in [-0.25, -0.2) is 0 Å². The summed E-state index contributed by atoms with van der Waals surface area (Å²) >= 11 is 0. The molecule has 1 aliphatic rings. The average Bonchev–Trinajstić information content (AvgIpc) is 2.57. The Hall–Kier alpha value is -1.69. The van der Waals surface area contributed by atoms with Crippen LogP contribution in [0.2, 0.25) is 0 Å². The zero-order chi connectivity index (χ0) is 10.8. The molecule has 0 N–H and O–H groups in total. The third-order valence-electron chi connectivity index (χ3n) is 2.52. The molecule has 1 atom stereocenters. The lowest BCUT2D eigenvalue weighted by atomic mass is 10.0. The maximum Gasteiger partial charge on any atom is 0.164 e. The molecule has 0 spiro atoms. The minimum atomic E-state index is 0.200. The van der Waals surface area contributed by atoms with Gasteiger partial charge in [0.25, 0.3) is 0 Å². The highest BCUT2D eigenvalue weighted by Gasteiger charge is 2.23. The number of nitrogens with zero attached hydrogens (tertiary/aromatic N) is 1. The Morgan fingerprint density at radius 2 is 2.40 bits per heavy atom. The molecule has 0 radical (unpaired) electrons. The molecule has 0 aromatic heterocycles. The van der Waals surface area contributed by atoms with Crippen LogP contribution in [0.25, 0.3) is 0 Å². The van der Waals surface area contributed by atoms with E-state index >= 15 is 0 Å². The lowest BCUT2D eigenvalue weighted by Crippen LogP contribution is -2.05. The van der Waals surface area contributed by atoms with Crippen molar-refractivity contribution in [3.63, 3.8) is 0 Å². The zero-order valence-electron chi connectivity index (χ0n) is 8.91. The first kappa shape index (κ1) is 9.85. The molecule has 3 heteroatoms. The van der Waals surface area contributed by atoms with E-state index in [1.165, 1.54) is 0 Å². The van der Waals surface area contributed by atoms with Crippen molar-refractivity contribution >= 4 is 0 Å². The average molecular weight is 203 g/mol. The van der Waals surface area contributed by atoms with Crippen molar-refractivity contribution < 1.29 is 9.47 Å². The van der Waals surface area contributed by atoms with Gasteiger partial charge in [-0.1, -0.05) is 6.07 Å². The Kier molecular flexibility index (Phi) is 2.51. The van der Waals surface area contributed by atoms with Crippen molar-refractivity contribution in [2.45, 2.75) is 25.9 Å². The van der Waals surface area contributed by atoms with Crippen LogP contribution in [0.3, 0.4) is 0 Å². The topological polar surface area (TPSA) is 42.2 Å². The van der Waals surface area contributed by atoms with E-state index in [2.05, 4.69) is 6.07 Å². The van der Waals surface area contributed by atoms with Gasteiger partial charge in [-0.05, 0) is 18.6 Å². The van der Waals surface area contributed by atoms with Gasteiger partial charge in [0.05, 0.1) is 19.6 Å². The van der Waals surface area contributed by atoms with E-state index in [9.17, 15) is 0 Å². The number of rotatable bonds is 2. The van der Waals surface area contributed by atoms with Crippen molar-refractivity contribution in [2.24, 2.45) is 0 Å². The van der Waals surface area contributed by atoms with Crippen molar-refractivity contribution in [2.75, 3.05) is 7.11 Å². The molecule has 0 amide bonds. The lowest BCUT2D eigenvalue weighted by molar-refractivity contribution is 0.243. The molecule has 0 bridgehead atoms. The van der Waals surface area contributed by atoms with E-state index in [1.807, 2.05) is 19.1 Å². The quantitative estimate of drug-likeness (QED) is 0.739. The van der Waals surface area contributed by atoms with Gasteiger partial charge in [-0.3, -0.25) is 0 Å². The summed E-state index contributed by atoms with van der Waals surface area (Å²) < 4.78 is 10.9. The fourth-order valence-electron chi connectivity index (χ4n) is 1.91. The van der Waals surface area contributed by atoms with Crippen LogP contribution >= 0.6 is 0 Å². The van der Waals surface area contributed by atoms with Gasteiger partial charge in [0.1, 0.15) is 6.10 Å². The first-order valence-electron chi connectivity index (χ1n) is 4.98. The molecule has 78 valence electrons. The molecule has 0 saturated carbocycles. The van der Waals surface area contributed by atoms with E-state index in [0.717, 1.165) is 29.0 Å². The summed E-state index contributed by atoms with van der Waals surface area (Å²) in [6.45, 7) is 2.03. The Labute approximate surface area is 89.2 Å². The third kappa shape index (κ3) is 1.75. The first-order valence-corrected chi connectivity index (χ1v) is 4.98. The van der Waals surface area contributed by atoms with E-state index < -0.39 is 0 Å². The minimum Gasteiger partial charge on any atom is -0.493 e. The molecule has 2 rings (SSSR count). The fourth-order valence-corrected chi connectivity index (χ4v) is 1.91. The van der Waals surface area contributed by atoms with E-state index in [1.54, 1.807) is 7.11 Å². The summed E-state index contributed by atoms with van der Waals surface area (Å²) in [7, 11) is 1.62. The highest BCUT2D eigenvalue weighted by Crippen LogP contribution is 2.38. The molecular formula is C12H13NO2. The number of hydrogen-bond donors (Lipinski definition) is 0. The number of benzene rings is 1. The molecule has 0 fully saturated rings. The summed E-state index contributed by atoms with van der Waals surface area (Å²) in [4.78, 5) is 0. The maximum atomic E-state index is 8.66. The summed E-state index contributed by atoms with van der Waals surface area (Å²) in [5, 5.41) is 8.66. The van der Waals surface area contributed by atoms with Crippen LogP contribution in [0.5, 0.6) is 11.5 Å². The van der Waals surface area contributed by atoms with Gasteiger partial charge in [-0.15, -0.1) is 0 Å². The zero-order valence-corrected chi connectivity index (χ0v) is 8.91. The Bertz CT molecular complexity index is 420. The second-order valence-electron chi connectivity index (χ2n) is 3.75. The van der Waals surface area contributed by atoms with Crippen molar-refractivity contribution in [3.8, 4) is 17.6 Å². The van der Waals surface area contributed by atoms with Crippen LogP contribution < -0.4 is 9.47 Å². The monoisotopic (exact) mass is 203 g/mol. The van der Waals surface area contributed by atoms with E-state index in [0.29, 0.717) is 6.42 Å². The van der Waals surface area contributed by atoms with Crippen LogP contribution in [0, 0.1) is 11.3 Å². The summed E-state index contributed by atoms with van der Waals surface area (Å²) in [6, 6.07) is 6.05. The largest absolute Gasteiger partial charge is 0.493 e. The smallest absolute Gasteiger partial charge is 0.164 e.